The number of carbonyl (C=O) groups is 2. The molecule has 2 rings (SSSR count). The molecular weight excluding hydrogens is 330 g/mol. The molecule has 0 fully saturated rings. The second-order valence-electron chi connectivity index (χ2n) is 6.16. The summed E-state index contributed by atoms with van der Waals surface area (Å²) in [6, 6.07) is 5.86. The summed E-state index contributed by atoms with van der Waals surface area (Å²) in [6.07, 6.45) is 3.79. The maximum absolute atomic E-state index is 12.1. The van der Waals surface area contributed by atoms with Crippen molar-refractivity contribution in [3.05, 3.63) is 52.4 Å². The lowest BCUT2D eigenvalue weighted by Gasteiger charge is -2.12. The number of aryl methyl sites for hydroxylation is 4. The van der Waals surface area contributed by atoms with Gasteiger partial charge in [0.15, 0.2) is 6.61 Å². The summed E-state index contributed by atoms with van der Waals surface area (Å²) in [5.41, 5.74) is 5.47. The van der Waals surface area contributed by atoms with E-state index in [1.165, 1.54) is 6.08 Å². The maximum Gasteiger partial charge on any atom is 0.331 e. The molecule has 0 aliphatic carbocycles. The Morgan fingerprint density at radius 1 is 1.27 bits per heavy atom. The van der Waals surface area contributed by atoms with Gasteiger partial charge < -0.3 is 10.1 Å². The van der Waals surface area contributed by atoms with Crippen LogP contribution in [0.1, 0.15) is 35.0 Å². The van der Waals surface area contributed by atoms with Gasteiger partial charge in [0.2, 0.25) is 0 Å². The van der Waals surface area contributed by atoms with Gasteiger partial charge in [-0.3, -0.25) is 9.48 Å². The van der Waals surface area contributed by atoms with Crippen LogP contribution in [0.5, 0.6) is 0 Å². The molecule has 1 heterocycles. The molecule has 0 radical (unpaired) electrons. The largest absolute Gasteiger partial charge is 0.452 e. The van der Waals surface area contributed by atoms with Crippen molar-refractivity contribution < 1.29 is 14.3 Å². The molecule has 1 aromatic carbocycles. The van der Waals surface area contributed by atoms with Crippen LogP contribution in [0, 0.1) is 20.8 Å². The predicted octanol–water partition coefficient (Wildman–Crippen LogP) is 3.10. The Labute approximate surface area is 153 Å². The van der Waals surface area contributed by atoms with Crippen LogP contribution in [0.15, 0.2) is 24.3 Å². The minimum atomic E-state index is -0.566. The number of esters is 1. The molecule has 1 amide bonds. The fourth-order valence-corrected chi connectivity index (χ4v) is 2.74. The van der Waals surface area contributed by atoms with Gasteiger partial charge in [0.05, 0.1) is 5.69 Å². The number of benzene rings is 1. The van der Waals surface area contributed by atoms with E-state index in [9.17, 15) is 9.59 Å². The SMILES string of the molecule is CCc1cccc(C)c1NC(=O)COC(=O)/C=C/c1c(C)nn(C)c1C. The Bertz CT molecular complexity index is 850. The molecule has 6 nitrogen and oxygen atoms in total. The first-order chi connectivity index (χ1) is 12.3. The molecule has 0 saturated carbocycles. The van der Waals surface area contributed by atoms with Crippen LogP contribution in [-0.4, -0.2) is 28.3 Å². The average molecular weight is 355 g/mol. The van der Waals surface area contributed by atoms with E-state index in [-0.39, 0.29) is 12.5 Å². The molecule has 138 valence electrons. The highest BCUT2D eigenvalue weighted by Gasteiger charge is 2.11. The van der Waals surface area contributed by atoms with E-state index in [1.54, 1.807) is 10.8 Å². The number of hydrogen-bond donors (Lipinski definition) is 1. The van der Waals surface area contributed by atoms with Crippen molar-refractivity contribution in [3.63, 3.8) is 0 Å². The van der Waals surface area contributed by atoms with Gasteiger partial charge in [0.1, 0.15) is 0 Å². The van der Waals surface area contributed by atoms with Crippen molar-refractivity contribution in [1.82, 2.24) is 9.78 Å². The first-order valence-corrected chi connectivity index (χ1v) is 8.56. The predicted molar refractivity (Wildman–Crippen MR) is 102 cm³/mol. The van der Waals surface area contributed by atoms with E-state index >= 15 is 0 Å². The number of anilines is 1. The van der Waals surface area contributed by atoms with Crippen molar-refractivity contribution in [2.75, 3.05) is 11.9 Å². The summed E-state index contributed by atoms with van der Waals surface area (Å²) in [5.74, 6) is -0.923. The number of nitrogens with one attached hydrogen (secondary N) is 1. The molecule has 0 bridgehead atoms. The smallest absolute Gasteiger partial charge is 0.331 e. The topological polar surface area (TPSA) is 73.2 Å². The zero-order valence-electron chi connectivity index (χ0n) is 15.9. The molecular formula is C20H25N3O3. The second kappa shape index (κ2) is 8.47. The number of para-hydroxylation sites is 1. The Morgan fingerprint density at radius 2 is 2.00 bits per heavy atom. The summed E-state index contributed by atoms with van der Waals surface area (Å²) in [7, 11) is 1.85. The van der Waals surface area contributed by atoms with Crippen molar-refractivity contribution in [2.24, 2.45) is 7.05 Å². The first-order valence-electron chi connectivity index (χ1n) is 8.56. The van der Waals surface area contributed by atoms with Crippen molar-refractivity contribution in [3.8, 4) is 0 Å². The fraction of sp³-hybridized carbons (Fsp3) is 0.350. The van der Waals surface area contributed by atoms with Gasteiger partial charge in [0.25, 0.3) is 5.91 Å². The molecule has 1 aromatic heterocycles. The number of amides is 1. The van der Waals surface area contributed by atoms with Crippen LogP contribution in [0.2, 0.25) is 0 Å². The third-order valence-corrected chi connectivity index (χ3v) is 4.30. The quantitative estimate of drug-likeness (QED) is 0.638. The van der Waals surface area contributed by atoms with E-state index in [4.69, 9.17) is 4.74 Å². The highest BCUT2D eigenvalue weighted by Crippen LogP contribution is 2.21. The van der Waals surface area contributed by atoms with Crippen molar-refractivity contribution >= 4 is 23.6 Å². The lowest BCUT2D eigenvalue weighted by Crippen LogP contribution is -2.21. The van der Waals surface area contributed by atoms with Crippen LogP contribution in [0.3, 0.4) is 0 Å². The number of carbonyl (C=O) groups excluding carboxylic acids is 2. The molecule has 0 unspecified atom stereocenters. The van der Waals surface area contributed by atoms with Gasteiger partial charge in [-0.05, 0) is 44.4 Å². The molecule has 0 saturated heterocycles. The molecule has 0 spiro atoms. The number of hydrogen-bond acceptors (Lipinski definition) is 4. The van der Waals surface area contributed by atoms with Crippen LogP contribution in [0.4, 0.5) is 5.69 Å². The Kier molecular flexibility index (Phi) is 6.33. The molecule has 6 heteroatoms. The summed E-state index contributed by atoms with van der Waals surface area (Å²) in [6.45, 7) is 7.43. The molecule has 1 N–H and O–H groups in total. The minimum absolute atomic E-state index is 0.328. The molecule has 26 heavy (non-hydrogen) atoms. The minimum Gasteiger partial charge on any atom is -0.452 e. The van der Waals surface area contributed by atoms with Crippen LogP contribution < -0.4 is 5.32 Å². The lowest BCUT2D eigenvalue weighted by atomic mass is 10.1. The third kappa shape index (κ3) is 4.59. The van der Waals surface area contributed by atoms with Gasteiger partial charge >= 0.3 is 5.97 Å². The van der Waals surface area contributed by atoms with E-state index in [1.807, 2.05) is 52.9 Å². The van der Waals surface area contributed by atoms with Crippen LogP contribution >= 0.6 is 0 Å². The van der Waals surface area contributed by atoms with Gasteiger partial charge in [-0.25, -0.2) is 4.79 Å². The second-order valence-corrected chi connectivity index (χ2v) is 6.16. The monoisotopic (exact) mass is 355 g/mol. The first kappa shape index (κ1) is 19.4. The van der Waals surface area contributed by atoms with Crippen LogP contribution in [0.25, 0.3) is 6.08 Å². The Balaban J connectivity index is 1.93. The summed E-state index contributed by atoms with van der Waals surface area (Å²) in [4.78, 5) is 24.0. The summed E-state index contributed by atoms with van der Waals surface area (Å²) < 4.78 is 6.78. The molecule has 0 aliphatic heterocycles. The fourth-order valence-electron chi connectivity index (χ4n) is 2.74. The maximum atomic E-state index is 12.1. The normalized spacial score (nSPS) is 11.0. The molecule has 0 aliphatic rings. The van der Waals surface area contributed by atoms with E-state index in [0.29, 0.717) is 0 Å². The third-order valence-electron chi connectivity index (χ3n) is 4.30. The van der Waals surface area contributed by atoms with Gasteiger partial charge in [0, 0.05) is 30.1 Å². The number of aromatic nitrogens is 2. The van der Waals surface area contributed by atoms with E-state index in [0.717, 1.165) is 40.2 Å². The Hall–Kier alpha value is -2.89. The Morgan fingerprint density at radius 3 is 2.62 bits per heavy atom. The van der Waals surface area contributed by atoms with E-state index < -0.39 is 5.97 Å². The highest BCUT2D eigenvalue weighted by molar-refractivity contribution is 5.95. The van der Waals surface area contributed by atoms with Crippen molar-refractivity contribution in [2.45, 2.75) is 34.1 Å². The number of ether oxygens (including phenoxy) is 1. The van der Waals surface area contributed by atoms with Crippen LogP contribution in [-0.2, 0) is 27.8 Å². The highest BCUT2D eigenvalue weighted by atomic mass is 16.5. The lowest BCUT2D eigenvalue weighted by molar-refractivity contribution is -0.142. The number of nitrogens with zero attached hydrogens (tertiary/aromatic N) is 2. The van der Waals surface area contributed by atoms with Crippen molar-refractivity contribution in [1.29, 1.82) is 0 Å². The standard InChI is InChI=1S/C20H25N3O3/c1-6-16-9-7-8-13(2)20(16)21-18(24)12-26-19(25)11-10-17-14(3)22-23(5)15(17)4/h7-11H,6,12H2,1-5H3,(H,21,24)/b11-10+. The van der Waals surface area contributed by atoms with Gasteiger partial charge in [-0.15, -0.1) is 0 Å². The molecule has 2 aromatic rings. The summed E-state index contributed by atoms with van der Waals surface area (Å²) >= 11 is 0. The average Bonchev–Trinajstić information content (AvgIpc) is 2.85. The van der Waals surface area contributed by atoms with Gasteiger partial charge in [-0.2, -0.15) is 5.10 Å². The number of rotatable bonds is 6. The van der Waals surface area contributed by atoms with Gasteiger partial charge in [-0.1, -0.05) is 25.1 Å². The zero-order valence-corrected chi connectivity index (χ0v) is 15.9. The van der Waals surface area contributed by atoms with E-state index in [2.05, 4.69) is 10.4 Å². The summed E-state index contributed by atoms with van der Waals surface area (Å²) in [5, 5.41) is 7.11. The molecule has 0 atom stereocenters. The zero-order chi connectivity index (χ0) is 19.3.